The summed E-state index contributed by atoms with van der Waals surface area (Å²) in [7, 11) is 0. The molecule has 0 saturated heterocycles. The summed E-state index contributed by atoms with van der Waals surface area (Å²) in [5.74, 6) is 0.104. The fourth-order valence-corrected chi connectivity index (χ4v) is 1.33. The molecule has 1 rings (SSSR count). The fraction of sp³-hybridized carbons (Fsp3) is 0.200. The molecule has 0 radical (unpaired) electrons. The van der Waals surface area contributed by atoms with Crippen LogP contribution in [0.25, 0.3) is 0 Å². The number of nitrogens with one attached hydrogen (secondary N) is 1. The largest absolute Gasteiger partial charge is 0.392 e. The maximum absolute atomic E-state index is 11.6. The van der Waals surface area contributed by atoms with Crippen LogP contribution < -0.4 is 11.1 Å². The highest BCUT2D eigenvalue weighted by molar-refractivity contribution is 9.10. The van der Waals surface area contributed by atoms with Crippen molar-refractivity contribution >= 4 is 27.7 Å². The Kier molecular flexibility index (Phi) is 4.94. The number of carbonyl (C=O) groups is 1. The van der Waals surface area contributed by atoms with Crippen LogP contribution in [0.5, 0.6) is 0 Å². The first-order valence-corrected chi connectivity index (χ1v) is 5.39. The molecule has 6 heteroatoms. The lowest BCUT2D eigenvalue weighted by atomic mass is 10.2. The molecule has 5 nitrogen and oxygen atoms in total. The number of rotatable bonds is 4. The lowest BCUT2D eigenvalue weighted by molar-refractivity contribution is 0.0957. The molecule has 0 aromatic carbocycles. The number of halogens is 1. The van der Waals surface area contributed by atoms with Crippen LogP contribution >= 0.6 is 15.9 Å². The molecule has 16 heavy (non-hydrogen) atoms. The van der Waals surface area contributed by atoms with E-state index in [9.17, 15) is 4.79 Å². The Morgan fingerprint density at radius 2 is 2.38 bits per heavy atom. The summed E-state index contributed by atoms with van der Waals surface area (Å²) in [6, 6.07) is 1.60. The molecule has 0 saturated carbocycles. The molecule has 1 heterocycles. The number of nitrogens with zero attached hydrogens (tertiary/aromatic N) is 1. The van der Waals surface area contributed by atoms with Gasteiger partial charge in [0.15, 0.2) is 0 Å². The van der Waals surface area contributed by atoms with Gasteiger partial charge in [-0.2, -0.15) is 0 Å². The van der Waals surface area contributed by atoms with E-state index in [4.69, 9.17) is 10.8 Å². The third-order valence-corrected chi connectivity index (χ3v) is 2.42. The van der Waals surface area contributed by atoms with Gasteiger partial charge in [0, 0.05) is 12.7 Å². The zero-order valence-corrected chi connectivity index (χ0v) is 10.1. The van der Waals surface area contributed by atoms with E-state index in [0.29, 0.717) is 22.4 Å². The molecular weight excluding hydrogens is 274 g/mol. The Bertz CT molecular complexity index is 407. The number of nitrogen functional groups attached to an aromatic ring is 1. The quantitative estimate of drug-likeness (QED) is 0.711. The number of aliphatic hydroxyl groups excluding tert-OH is 1. The first-order chi connectivity index (χ1) is 7.65. The number of nitrogens with two attached hydrogens (primary N) is 1. The average Bonchev–Trinajstić information content (AvgIpc) is 2.28. The van der Waals surface area contributed by atoms with Crippen molar-refractivity contribution in [2.24, 2.45) is 0 Å². The highest BCUT2D eigenvalue weighted by Gasteiger charge is 2.06. The second-order valence-electron chi connectivity index (χ2n) is 2.96. The third-order valence-electron chi connectivity index (χ3n) is 1.78. The van der Waals surface area contributed by atoms with Crippen LogP contribution in [0.15, 0.2) is 28.9 Å². The minimum atomic E-state index is -0.240. The summed E-state index contributed by atoms with van der Waals surface area (Å²) in [6.07, 6.45) is 4.63. The van der Waals surface area contributed by atoms with Gasteiger partial charge in [0.05, 0.1) is 16.6 Å². The predicted octanol–water partition coefficient (Wildman–Crippen LogP) is 0.705. The van der Waals surface area contributed by atoms with E-state index in [2.05, 4.69) is 26.2 Å². The maximum Gasteiger partial charge on any atom is 0.253 e. The molecule has 0 aliphatic carbocycles. The monoisotopic (exact) mass is 285 g/mol. The highest BCUT2D eigenvalue weighted by atomic mass is 79.9. The summed E-state index contributed by atoms with van der Waals surface area (Å²) in [5, 5.41) is 11.1. The van der Waals surface area contributed by atoms with Crippen LogP contribution in [0.1, 0.15) is 10.4 Å². The molecule has 86 valence electrons. The number of hydrogen-bond donors (Lipinski definition) is 3. The topological polar surface area (TPSA) is 88.2 Å². The van der Waals surface area contributed by atoms with Gasteiger partial charge in [0.2, 0.25) is 0 Å². The molecule has 4 N–H and O–H groups in total. The minimum absolute atomic E-state index is 0.0369. The van der Waals surface area contributed by atoms with E-state index in [0.717, 1.165) is 0 Å². The van der Waals surface area contributed by atoms with E-state index in [-0.39, 0.29) is 12.5 Å². The van der Waals surface area contributed by atoms with E-state index >= 15 is 0 Å². The predicted molar refractivity (Wildman–Crippen MR) is 64.9 cm³/mol. The van der Waals surface area contributed by atoms with Crippen molar-refractivity contribution < 1.29 is 9.90 Å². The SMILES string of the molecule is Nc1ncc(C(=O)NC/C=C/CO)cc1Br. The second-order valence-corrected chi connectivity index (χ2v) is 3.81. The number of aromatic nitrogens is 1. The summed E-state index contributed by atoms with van der Waals surface area (Å²) in [5.41, 5.74) is 5.93. The Hall–Kier alpha value is -1.40. The fourth-order valence-electron chi connectivity index (χ4n) is 0.984. The zero-order valence-electron chi connectivity index (χ0n) is 8.48. The van der Waals surface area contributed by atoms with Crippen molar-refractivity contribution in [2.75, 3.05) is 18.9 Å². The van der Waals surface area contributed by atoms with Gasteiger partial charge in [-0.05, 0) is 22.0 Å². The van der Waals surface area contributed by atoms with E-state index in [1.54, 1.807) is 18.2 Å². The van der Waals surface area contributed by atoms with Gasteiger partial charge in [0.25, 0.3) is 5.91 Å². The number of amides is 1. The molecule has 0 bridgehead atoms. The summed E-state index contributed by atoms with van der Waals surface area (Å²) in [4.78, 5) is 15.4. The highest BCUT2D eigenvalue weighted by Crippen LogP contribution is 2.17. The van der Waals surface area contributed by atoms with Crippen molar-refractivity contribution in [3.05, 3.63) is 34.5 Å². The van der Waals surface area contributed by atoms with Crippen molar-refractivity contribution in [3.63, 3.8) is 0 Å². The number of hydrogen-bond acceptors (Lipinski definition) is 4. The summed E-state index contributed by atoms with van der Waals surface area (Å²) < 4.78 is 0.589. The van der Waals surface area contributed by atoms with Crippen molar-refractivity contribution in [1.82, 2.24) is 10.3 Å². The normalized spacial score (nSPS) is 10.6. The first kappa shape index (κ1) is 12.7. The van der Waals surface area contributed by atoms with Crippen LogP contribution in [0.2, 0.25) is 0 Å². The smallest absolute Gasteiger partial charge is 0.253 e. The van der Waals surface area contributed by atoms with Gasteiger partial charge < -0.3 is 16.2 Å². The average molecular weight is 286 g/mol. The van der Waals surface area contributed by atoms with Gasteiger partial charge in [-0.1, -0.05) is 12.2 Å². The molecule has 0 unspecified atom stereocenters. The first-order valence-electron chi connectivity index (χ1n) is 4.60. The van der Waals surface area contributed by atoms with Gasteiger partial charge in [-0.15, -0.1) is 0 Å². The standard InChI is InChI=1S/C10H12BrN3O2/c11-8-5-7(6-14-9(8)12)10(16)13-3-1-2-4-15/h1-2,5-6,15H,3-4H2,(H2,12,14)(H,13,16)/b2-1+. The summed E-state index contributed by atoms with van der Waals surface area (Å²) >= 11 is 3.19. The Morgan fingerprint density at radius 3 is 3.00 bits per heavy atom. The van der Waals surface area contributed by atoms with E-state index in [1.165, 1.54) is 6.20 Å². The van der Waals surface area contributed by atoms with E-state index in [1.807, 2.05) is 0 Å². The number of anilines is 1. The van der Waals surface area contributed by atoms with Crippen molar-refractivity contribution in [3.8, 4) is 0 Å². The Morgan fingerprint density at radius 1 is 1.62 bits per heavy atom. The molecule has 1 amide bonds. The molecule has 0 fully saturated rings. The van der Waals surface area contributed by atoms with Crippen LogP contribution in [0, 0.1) is 0 Å². The maximum atomic E-state index is 11.6. The van der Waals surface area contributed by atoms with Crippen LogP contribution in [-0.4, -0.2) is 29.1 Å². The molecule has 1 aromatic rings. The van der Waals surface area contributed by atoms with E-state index < -0.39 is 0 Å². The Labute approximate surface area is 101 Å². The molecule has 0 aliphatic rings. The zero-order chi connectivity index (χ0) is 12.0. The van der Waals surface area contributed by atoms with Gasteiger partial charge in [0.1, 0.15) is 5.82 Å². The van der Waals surface area contributed by atoms with Gasteiger partial charge in [-0.25, -0.2) is 4.98 Å². The molecule has 0 aliphatic heterocycles. The second kappa shape index (κ2) is 6.24. The third kappa shape index (κ3) is 3.63. The number of pyridine rings is 1. The molecule has 0 spiro atoms. The number of aliphatic hydroxyl groups is 1. The summed E-state index contributed by atoms with van der Waals surface area (Å²) in [6.45, 7) is 0.326. The van der Waals surface area contributed by atoms with Crippen LogP contribution in [0.3, 0.4) is 0 Å². The molecule has 1 aromatic heterocycles. The van der Waals surface area contributed by atoms with Gasteiger partial charge >= 0.3 is 0 Å². The molecule has 0 atom stereocenters. The molecular formula is C10H12BrN3O2. The van der Waals surface area contributed by atoms with Crippen molar-refractivity contribution in [2.45, 2.75) is 0 Å². The van der Waals surface area contributed by atoms with Crippen LogP contribution in [0.4, 0.5) is 5.82 Å². The lowest BCUT2D eigenvalue weighted by Gasteiger charge is -2.03. The van der Waals surface area contributed by atoms with Crippen LogP contribution in [-0.2, 0) is 0 Å². The number of carbonyl (C=O) groups excluding carboxylic acids is 1. The van der Waals surface area contributed by atoms with Crippen molar-refractivity contribution in [1.29, 1.82) is 0 Å². The van der Waals surface area contributed by atoms with Gasteiger partial charge in [-0.3, -0.25) is 4.79 Å². The lowest BCUT2D eigenvalue weighted by Crippen LogP contribution is -2.23. The Balaban J connectivity index is 2.59. The minimum Gasteiger partial charge on any atom is -0.392 e.